The first-order chi connectivity index (χ1) is 10.8. The molecule has 0 aromatic carbocycles. The second kappa shape index (κ2) is 8.73. The van der Waals surface area contributed by atoms with Gasteiger partial charge in [-0.15, -0.1) is 0 Å². The molecular formula is C16H23N5O2. The van der Waals surface area contributed by atoms with Gasteiger partial charge in [0.05, 0.1) is 6.07 Å². The van der Waals surface area contributed by atoms with Gasteiger partial charge in [-0.05, 0) is 24.5 Å². The van der Waals surface area contributed by atoms with Crippen molar-refractivity contribution in [3.63, 3.8) is 0 Å². The molecule has 7 heteroatoms. The third-order valence-electron chi connectivity index (χ3n) is 3.14. The summed E-state index contributed by atoms with van der Waals surface area (Å²) in [6, 6.07) is 4.44. The van der Waals surface area contributed by atoms with Gasteiger partial charge in [-0.1, -0.05) is 13.8 Å². The van der Waals surface area contributed by atoms with E-state index >= 15 is 0 Å². The van der Waals surface area contributed by atoms with Gasteiger partial charge in [-0.25, -0.2) is 4.98 Å². The Labute approximate surface area is 136 Å². The maximum atomic E-state index is 12.4. The number of hydrogen-bond donors (Lipinski definition) is 2. The molecule has 1 aromatic heterocycles. The van der Waals surface area contributed by atoms with Crippen molar-refractivity contribution < 1.29 is 9.59 Å². The summed E-state index contributed by atoms with van der Waals surface area (Å²) in [5, 5.41) is 13.8. The lowest BCUT2D eigenvalue weighted by Crippen LogP contribution is -2.47. The fourth-order valence-electron chi connectivity index (χ4n) is 2.00. The molecule has 0 spiro atoms. The van der Waals surface area contributed by atoms with Crippen molar-refractivity contribution in [2.75, 3.05) is 25.5 Å². The standard InChI is InChI=1S/C16H23N5O2/c1-11(2)9-13(16(23)19-8-6-17)20-15(22)12-5-7-18-14(10-12)21(3)4/h5,7,10-11,13H,8-9H2,1-4H3,(H,19,23)(H,20,22)/t13-/m0/s1. The predicted molar refractivity (Wildman–Crippen MR) is 87.9 cm³/mol. The van der Waals surface area contributed by atoms with Crippen LogP contribution in [0.3, 0.4) is 0 Å². The molecule has 124 valence electrons. The van der Waals surface area contributed by atoms with Gasteiger partial charge in [0.1, 0.15) is 18.4 Å². The molecule has 0 aliphatic heterocycles. The Bertz CT molecular complexity index is 592. The highest BCUT2D eigenvalue weighted by Crippen LogP contribution is 2.11. The Balaban J connectivity index is 2.86. The lowest BCUT2D eigenvalue weighted by molar-refractivity contribution is -0.123. The highest BCUT2D eigenvalue weighted by molar-refractivity contribution is 5.98. The van der Waals surface area contributed by atoms with Crippen molar-refractivity contribution in [2.24, 2.45) is 5.92 Å². The summed E-state index contributed by atoms with van der Waals surface area (Å²) < 4.78 is 0. The number of nitriles is 1. The number of nitrogens with one attached hydrogen (secondary N) is 2. The van der Waals surface area contributed by atoms with Crippen molar-refractivity contribution in [1.29, 1.82) is 5.26 Å². The lowest BCUT2D eigenvalue weighted by atomic mass is 10.0. The lowest BCUT2D eigenvalue weighted by Gasteiger charge is -2.20. The normalized spacial score (nSPS) is 11.5. The van der Waals surface area contributed by atoms with Gasteiger partial charge in [0.25, 0.3) is 5.91 Å². The van der Waals surface area contributed by atoms with E-state index in [9.17, 15) is 9.59 Å². The SMILES string of the molecule is CC(C)C[C@H](NC(=O)c1ccnc(N(C)C)c1)C(=O)NCC#N. The van der Waals surface area contributed by atoms with Gasteiger partial charge in [-0.3, -0.25) is 9.59 Å². The van der Waals surface area contributed by atoms with Gasteiger partial charge >= 0.3 is 0 Å². The summed E-state index contributed by atoms with van der Waals surface area (Å²) in [6.07, 6.45) is 2.05. The predicted octanol–water partition coefficient (Wildman–Crippen LogP) is 0.932. The number of amides is 2. The first-order valence-electron chi connectivity index (χ1n) is 7.44. The van der Waals surface area contributed by atoms with E-state index in [1.807, 2.05) is 34.0 Å². The molecule has 0 unspecified atom stereocenters. The number of rotatable bonds is 7. The minimum atomic E-state index is -0.674. The molecule has 0 bridgehead atoms. The van der Waals surface area contributed by atoms with E-state index in [2.05, 4.69) is 15.6 Å². The van der Waals surface area contributed by atoms with E-state index in [-0.39, 0.29) is 24.3 Å². The number of nitrogens with zero attached hydrogens (tertiary/aromatic N) is 3. The van der Waals surface area contributed by atoms with Gasteiger partial charge in [-0.2, -0.15) is 5.26 Å². The van der Waals surface area contributed by atoms with Crippen molar-refractivity contribution in [1.82, 2.24) is 15.6 Å². The number of aromatic nitrogens is 1. The van der Waals surface area contributed by atoms with Crippen LogP contribution in [0.1, 0.15) is 30.6 Å². The highest BCUT2D eigenvalue weighted by Gasteiger charge is 2.22. The van der Waals surface area contributed by atoms with E-state index in [4.69, 9.17) is 5.26 Å². The van der Waals surface area contributed by atoms with Crippen molar-refractivity contribution in [2.45, 2.75) is 26.3 Å². The maximum Gasteiger partial charge on any atom is 0.252 e. The molecule has 1 heterocycles. The van der Waals surface area contributed by atoms with Gasteiger partial charge in [0, 0.05) is 25.9 Å². The molecule has 23 heavy (non-hydrogen) atoms. The molecule has 0 saturated heterocycles. The van der Waals surface area contributed by atoms with Gasteiger partial charge in [0.2, 0.25) is 5.91 Å². The van der Waals surface area contributed by atoms with Crippen LogP contribution in [-0.4, -0.2) is 43.5 Å². The van der Waals surface area contributed by atoms with Crippen molar-refractivity contribution in [3.05, 3.63) is 23.9 Å². The second-order valence-corrected chi connectivity index (χ2v) is 5.83. The molecule has 0 saturated carbocycles. The summed E-state index contributed by atoms with van der Waals surface area (Å²) >= 11 is 0. The molecule has 0 aliphatic carbocycles. The largest absolute Gasteiger partial charge is 0.363 e. The summed E-state index contributed by atoms with van der Waals surface area (Å²) in [6.45, 7) is 3.85. The zero-order valence-electron chi connectivity index (χ0n) is 14.0. The Hall–Kier alpha value is -2.62. The van der Waals surface area contributed by atoms with Crippen LogP contribution >= 0.6 is 0 Å². The van der Waals surface area contributed by atoms with Crippen LogP contribution in [0.2, 0.25) is 0 Å². The number of carbonyl (C=O) groups excluding carboxylic acids is 2. The second-order valence-electron chi connectivity index (χ2n) is 5.83. The Kier molecular flexibility index (Phi) is 7.00. The molecule has 7 nitrogen and oxygen atoms in total. The molecule has 2 amide bonds. The molecule has 0 radical (unpaired) electrons. The quantitative estimate of drug-likeness (QED) is 0.729. The van der Waals surface area contributed by atoms with Crippen LogP contribution in [-0.2, 0) is 4.79 Å². The fourth-order valence-corrected chi connectivity index (χ4v) is 2.00. The molecule has 1 atom stereocenters. The van der Waals surface area contributed by atoms with Gasteiger partial charge in [0.15, 0.2) is 0 Å². The van der Waals surface area contributed by atoms with E-state index in [1.54, 1.807) is 23.2 Å². The van der Waals surface area contributed by atoms with Crippen molar-refractivity contribution >= 4 is 17.6 Å². The first kappa shape index (κ1) is 18.4. The third kappa shape index (κ3) is 5.94. The van der Waals surface area contributed by atoms with Crippen LogP contribution in [0, 0.1) is 17.2 Å². The Morgan fingerprint density at radius 3 is 2.65 bits per heavy atom. The zero-order chi connectivity index (χ0) is 17.4. The molecule has 0 aliphatic rings. The van der Waals surface area contributed by atoms with Crippen LogP contribution in [0.25, 0.3) is 0 Å². The maximum absolute atomic E-state index is 12.4. The molecule has 2 N–H and O–H groups in total. The van der Waals surface area contributed by atoms with Crippen LogP contribution in [0.4, 0.5) is 5.82 Å². The summed E-state index contributed by atoms with van der Waals surface area (Å²) in [5.41, 5.74) is 0.436. The molecule has 1 aromatic rings. The third-order valence-corrected chi connectivity index (χ3v) is 3.14. The molecule has 1 rings (SSSR count). The minimum Gasteiger partial charge on any atom is -0.363 e. The molecule has 0 fully saturated rings. The number of carbonyl (C=O) groups is 2. The van der Waals surface area contributed by atoms with Gasteiger partial charge < -0.3 is 15.5 Å². The van der Waals surface area contributed by atoms with Crippen LogP contribution < -0.4 is 15.5 Å². The summed E-state index contributed by atoms with van der Waals surface area (Å²) in [4.78, 5) is 30.4. The summed E-state index contributed by atoms with van der Waals surface area (Å²) in [5.74, 6) is 0.193. The zero-order valence-corrected chi connectivity index (χ0v) is 14.0. The van der Waals surface area contributed by atoms with Crippen LogP contribution in [0.15, 0.2) is 18.3 Å². The minimum absolute atomic E-state index is 0.0800. The van der Waals surface area contributed by atoms with Crippen molar-refractivity contribution in [3.8, 4) is 6.07 Å². The van der Waals surface area contributed by atoms with Crippen LogP contribution in [0.5, 0.6) is 0 Å². The average Bonchev–Trinajstić information content (AvgIpc) is 2.51. The fraction of sp³-hybridized carbons (Fsp3) is 0.500. The topological polar surface area (TPSA) is 98.1 Å². The van der Waals surface area contributed by atoms with E-state index in [0.29, 0.717) is 17.8 Å². The van der Waals surface area contributed by atoms with E-state index in [1.165, 1.54) is 0 Å². The highest BCUT2D eigenvalue weighted by atomic mass is 16.2. The number of hydrogen-bond acceptors (Lipinski definition) is 5. The monoisotopic (exact) mass is 317 g/mol. The number of anilines is 1. The smallest absolute Gasteiger partial charge is 0.252 e. The first-order valence-corrected chi connectivity index (χ1v) is 7.44. The molecular weight excluding hydrogens is 294 g/mol. The van der Waals surface area contributed by atoms with E-state index < -0.39 is 6.04 Å². The average molecular weight is 317 g/mol. The van der Waals surface area contributed by atoms with E-state index in [0.717, 1.165) is 0 Å². The number of pyridine rings is 1. The summed E-state index contributed by atoms with van der Waals surface area (Å²) in [7, 11) is 3.67. The Morgan fingerprint density at radius 2 is 2.09 bits per heavy atom. The Morgan fingerprint density at radius 1 is 1.39 bits per heavy atom.